The maximum absolute atomic E-state index is 11.6. The first kappa shape index (κ1) is 11.8. The summed E-state index contributed by atoms with van der Waals surface area (Å²) in [6.45, 7) is 0.945. The summed E-state index contributed by atoms with van der Waals surface area (Å²) in [6, 6.07) is 8.97. The number of benzene rings is 1. The van der Waals surface area contributed by atoms with Crippen LogP contribution in [0.15, 0.2) is 30.3 Å². The highest BCUT2D eigenvalue weighted by atomic mass is 16.5. The molecule has 2 rings (SSSR count). The highest BCUT2D eigenvalue weighted by Crippen LogP contribution is 2.08. The Balaban J connectivity index is 1.83. The molecule has 0 amide bonds. The molecule has 0 saturated carbocycles. The van der Waals surface area contributed by atoms with Crippen molar-refractivity contribution in [1.29, 1.82) is 0 Å². The molecule has 1 saturated heterocycles. The number of rotatable bonds is 4. The second kappa shape index (κ2) is 5.59. The molecule has 17 heavy (non-hydrogen) atoms. The molecular weight excluding hydrogens is 218 g/mol. The third-order valence-electron chi connectivity index (χ3n) is 2.79. The lowest BCUT2D eigenvalue weighted by Gasteiger charge is -2.08. The predicted molar refractivity (Wildman–Crippen MR) is 62.3 cm³/mol. The Kier molecular flexibility index (Phi) is 3.88. The quantitative estimate of drug-likeness (QED) is 0.624. The predicted octanol–water partition coefficient (Wildman–Crippen LogP) is 1.05. The average Bonchev–Trinajstić information content (AvgIpc) is 2.90. The van der Waals surface area contributed by atoms with Gasteiger partial charge in [-0.3, -0.25) is 4.79 Å². The largest absolute Gasteiger partial charge is 0.455 e. The highest BCUT2D eigenvalue weighted by Gasteiger charge is 2.28. The molecule has 0 aliphatic carbocycles. The Labute approximate surface area is 100.0 Å². The lowest BCUT2D eigenvalue weighted by Crippen LogP contribution is -2.36. The first-order valence-electron chi connectivity index (χ1n) is 5.75. The number of carbonyl (C=O) groups is 2. The zero-order valence-electron chi connectivity index (χ0n) is 9.52. The van der Waals surface area contributed by atoms with Gasteiger partial charge in [0.25, 0.3) is 5.78 Å². The van der Waals surface area contributed by atoms with E-state index in [1.807, 2.05) is 30.3 Å². The third-order valence-corrected chi connectivity index (χ3v) is 2.79. The Hall–Kier alpha value is -1.68. The molecule has 1 aliphatic rings. The zero-order valence-corrected chi connectivity index (χ0v) is 9.52. The van der Waals surface area contributed by atoms with E-state index in [1.165, 1.54) is 0 Å². The minimum Gasteiger partial charge on any atom is -0.455 e. The number of Topliss-reactive ketones (excluding diaryl/α,β-unsaturated/α-hetero) is 1. The number of ketones is 1. The lowest BCUT2D eigenvalue weighted by molar-refractivity contribution is -0.155. The summed E-state index contributed by atoms with van der Waals surface area (Å²) in [5.41, 5.74) is 0.882. The fourth-order valence-corrected chi connectivity index (χ4v) is 1.84. The molecule has 0 radical (unpaired) electrons. The van der Waals surface area contributed by atoms with E-state index in [0.717, 1.165) is 24.9 Å². The van der Waals surface area contributed by atoms with Crippen LogP contribution < -0.4 is 5.32 Å². The van der Waals surface area contributed by atoms with Crippen LogP contribution in [0.5, 0.6) is 0 Å². The van der Waals surface area contributed by atoms with E-state index in [2.05, 4.69) is 5.32 Å². The summed E-state index contributed by atoms with van der Waals surface area (Å²) in [5, 5.41) is 2.99. The minimum absolute atomic E-state index is 0.151. The Morgan fingerprint density at radius 1 is 1.29 bits per heavy atom. The molecular formula is C13H15NO3. The van der Waals surface area contributed by atoms with Crippen LogP contribution in [-0.4, -0.2) is 24.3 Å². The van der Waals surface area contributed by atoms with Crippen molar-refractivity contribution in [3.05, 3.63) is 35.9 Å². The SMILES string of the molecule is O=C(OCc1ccccc1)C(=O)[C@@H]1CCCN1. The van der Waals surface area contributed by atoms with Crippen molar-refractivity contribution < 1.29 is 14.3 Å². The second-order valence-corrected chi connectivity index (χ2v) is 4.07. The van der Waals surface area contributed by atoms with Gasteiger partial charge in [0.15, 0.2) is 0 Å². The molecule has 0 unspecified atom stereocenters. The van der Waals surface area contributed by atoms with Gasteiger partial charge in [0.1, 0.15) is 6.61 Å². The van der Waals surface area contributed by atoms with Gasteiger partial charge in [0.05, 0.1) is 6.04 Å². The van der Waals surface area contributed by atoms with Gasteiger partial charge < -0.3 is 10.1 Å². The molecule has 4 nitrogen and oxygen atoms in total. The fraction of sp³-hybridized carbons (Fsp3) is 0.385. The van der Waals surface area contributed by atoms with Gasteiger partial charge in [-0.15, -0.1) is 0 Å². The molecule has 1 aromatic rings. The fourth-order valence-electron chi connectivity index (χ4n) is 1.84. The van der Waals surface area contributed by atoms with Crippen molar-refractivity contribution in [1.82, 2.24) is 5.32 Å². The number of nitrogens with one attached hydrogen (secondary N) is 1. The van der Waals surface area contributed by atoms with Crippen LogP contribution in [0, 0.1) is 0 Å². The van der Waals surface area contributed by atoms with Crippen molar-refractivity contribution in [2.75, 3.05) is 6.54 Å². The number of hydrogen-bond donors (Lipinski definition) is 1. The molecule has 0 bridgehead atoms. The first-order chi connectivity index (χ1) is 8.27. The monoisotopic (exact) mass is 233 g/mol. The van der Waals surface area contributed by atoms with Gasteiger partial charge in [-0.25, -0.2) is 4.79 Å². The van der Waals surface area contributed by atoms with E-state index in [9.17, 15) is 9.59 Å². The molecule has 1 N–H and O–H groups in total. The van der Waals surface area contributed by atoms with Crippen molar-refractivity contribution in [2.45, 2.75) is 25.5 Å². The van der Waals surface area contributed by atoms with Gasteiger partial charge in [0, 0.05) is 0 Å². The number of hydrogen-bond acceptors (Lipinski definition) is 4. The minimum atomic E-state index is -0.742. The van der Waals surface area contributed by atoms with Crippen LogP contribution in [0.2, 0.25) is 0 Å². The summed E-state index contributed by atoms with van der Waals surface area (Å²) in [5.74, 6) is -1.20. The normalized spacial score (nSPS) is 18.9. The summed E-state index contributed by atoms with van der Waals surface area (Å²) < 4.78 is 4.97. The average molecular weight is 233 g/mol. The molecule has 90 valence electrons. The van der Waals surface area contributed by atoms with E-state index < -0.39 is 11.8 Å². The van der Waals surface area contributed by atoms with Crippen molar-refractivity contribution in [3.8, 4) is 0 Å². The zero-order chi connectivity index (χ0) is 12.1. The Bertz CT molecular complexity index is 396. The van der Waals surface area contributed by atoms with Gasteiger partial charge >= 0.3 is 5.97 Å². The molecule has 0 spiro atoms. The Morgan fingerprint density at radius 3 is 2.71 bits per heavy atom. The van der Waals surface area contributed by atoms with Crippen molar-refractivity contribution in [3.63, 3.8) is 0 Å². The summed E-state index contributed by atoms with van der Waals surface area (Å²) in [7, 11) is 0. The smallest absolute Gasteiger partial charge is 0.376 e. The van der Waals surface area contributed by atoms with Crippen LogP contribution in [0.3, 0.4) is 0 Å². The van der Waals surface area contributed by atoms with E-state index in [0.29, 0.717) is 0 Å². The van der Waals surface area contributed by atoms with Crippen molar-refractivity contribution in [2.24, 2.45) is 0 Å². The summed E-state index contributed by atoms with van der Waals surface area (Å²) in [4.78, 5) is 23.1. The molecule has 0 aromatic heterocycles. The van der Waals surface area contributed by atoms with E-state index in [1.54, 1.807) is 0 Å². The van der Waals surface area contributed by atoms with Gasteiger partial charge in [-0.1, -0.05) is 30.3 Å². The molecule has 1 heterocycles. The Morgan fingerprint density at radius 2 is 2.06 bits per heavy atom. The van der Waals surface area contributed by atoms with Crippen LogP contribution in [0.1, 0.15) is 18.4 Å². The van der Waals surface area contributed by atoms with Crippen LogP contribution in [-0.2, 0) is 20.9 Å². The van der Waals surface area contributed by atoms with Crippen molar-refractivity contribution >= 4 is 11.8 Å². The van der Waals surface area contributed by atoms with E-state index in [4.69, 9.17) is 4.74 Å². The maximum Gasteiger partial charge on any atom is 0.376 e. The molecule has 1 atom stereocenters. The topological polar surface area (TPSA) is 55.4 Å². The highest BCUT2D eigenvalue weighted by molar-refractivity contribution is 6.35. The van der Waals surface area contributed by atoms with Crippen LogP contribution >= 0.6 is 0 Å². The summed E-state index contributed by atoms with van der Waals surface area (Å²) >= 11 is 0. The number of esters is 1. The molecule has 1 fully saturated rings. The van der Waals surface area contributed by atoms with E-state index >= 15 is 0 Å². The van der Waals surface area contributed by atoms with Crippen LogP contribution in [0.4, 0.5) is 0 Å². The summed E-state index contributed by atoms with van der Waals surface area (Å²) in [6.07, 6.45) is 1.65. The number of carbonyl (C=O) groups excluding carboxylic acids is 2. The third kappa shape index (κ3) is 3.14. The van der Waals surface area contributed by atoms with Crippen LogP contribution in [0.25, 0.3) is 0 Å². The molecule has 4 heteroatoms. The van der Waals surface area contributed by atoms with Gasteiger partial charge in [-0.05, 0) is 24.9 Å². The number of ether oxygens (including phenoxy) is 1. The molecule has 1 aromatic carbocycles. The maximum atomic E-state index is 11.6. The van der Waals surface area contributed by atoms with E-state index in [-0.39, 0.29) is 12.6 Å². The second-order valence-electron chi connectivity index (χ2n) is 4.07. The van der Waals surface area contributed by atoms with Gasteiger partial charge in [-0.2, -0.15) is 0 Å². The van der Waals surface area contributed by atoms with Gasteiger partial charge in [0.2, 0.25) is 0 Å². The lowest BCUT2D eigenvalue weighted by atomic mass is 10.1. The molecule has 1 aliphatic heterocycles. The standard InChI is InChI=1S/C13H15NO3/c15-12(11-7-4-8-14-11)13(16)17-9-10-5-2-1-3-6-10/h1-3,5-6,11,14H,4,7-9H2/t11-/m0/s1. The first-order valence-corrected chi connectivity index (χ1v) is 5.75.